The Balaban J connectivity index is 1.93. The lowest BCUT2D eigenvalue weighted by Gasteiger charge is -2.22. The smallest absolute Gasteiger partial charge is 0.323 e. The Morgan fingerprint density at radius 3 is 2.74 bits per heavy atom. The van der Waals surface area contributed by atoms with Crippen molar-refractivity contribution in [2.24, 2.45) is 5.92 Å². The number of nitrogens with two attached hydrogens (primary N) is 1. The highest BCUT2D eigenvalue weighted by molar-refractivity contribution is 5.32. The molecular weight excluding hydrogens is 246 g/mol. The molecule has 0 spiro atoms. The highest BCUT2D eigenvalue weighted by atomic mass is 16.5. The summed E-state index contributed by atoms with van der Waals surface area (Å²) < 4.78 is 10.7. The molecular formula is C12H21N5O2. The van der Waals surface area contributed by atoms with E-state index in [4.69, 9.17) is 15.2 Å². The van der Waals surface area contributed by atoms with Gasteiger partial charge in [-0.25, -0.2) is 0 Å². The first-order valence-electron chi connectivity index (χ1n) is 6.63. The molecule has 1 aliphatic rings. The van der Waals surface area contributed by atoms with Gasteiger partial charge in [-0.3, -0.25) is 0 Å². The Morgan fingerprint density at radius 1 is 1.32 bits per heavy atom. The fraction of sp³-hybridized carbons (Fsp3) is 0.750. The van der Waals surface area contributed by atoms with Gasteiger partial charge in [-0.05, 0) is 32.6 Å². The maximum absolute atomic E-state index is 5.64. The fourth-order valence-electron chi connectivity index (χ4n) is 1.90. The third-order valence-electron chi connectivity index (χ3n) is 2.86. The van der Waals surface area contributed by atoms with Crippen LogP contribution in [0.5, 0.6) is 6.01 Å². The quantitative estimate of drug-likeness (QED) is 0.824. The minimum atomic E-state index is 0.00476. The third-order valence-corrected chi connectivity index (χ3v) is 2.86. The van der Waals surface area contributed by atoms with E-state index in [-0.39, 0.29) is 18.1 Å². The molecule has 1 aliphatic heterocycles. The molecule has 1 saturated heterocycles. The Kier molecular flexibility index (Phi) is 4.73. The van der Waals surface area contributed by atoms with E-state index in [2.05, 4.69) is 20.3 Å². The number of nitrogens with one attached hydrogen (secondary N) is 1. The van der Waals surface area contributed by atoms with Crippen LogP contribution in [-0.4, -0.2) is 40.8 Å². The van der Waals surface area contributed by atoms with Crippen molar-refractivity contribution in [3.05, 3.63) is 0 Å². The van der Waals surface area contributed by atoms with Crippen molar-refractivity contribution in [2.45, 2.75) is 32.8 Å². The molecule has 7 heteroatoms. The van der Waals surface area contributed by atoms with Crippen LogP contribution in [-0.2, 0) is 4.74 Å². The van der Waals surface area contributed by atoms with Crippen LogP contribution in [0.3, 0.4) is 0 Å². The van der Waals surface area contributed by atoms with E-state index in [9.17, 15) is 0 Å². The summed E-state index contributed by atoms with van der Waals surface area (Å²) in [6, 6.07) is 0.261. The van der Waals surface area contributed by atoms with Gasteiger partial charge in [-0.1, -0.05) is 0 Å². The Bertz CT molecular complexity index is 407. The maximum Gasteiger partial charge on any atom is 0.323 e. The average molecular weight is 267 g/mol. The van der Waals surface area contributed by atoms with Gasteiger partial charge in [-0.15, -0.1) is 0 Å². The number of nitrogens with zero attached hydrogens (tertiary/aromatic N) is 3. The minimum absolute atomic E-state index is 0.00476. The predicted molar refractivity (Wildman–Crippen MR) is 72.0 cm³/mol. The van der Waals surface area contributed by atoms with Gasteiger partial charge < -0.3 is 20.5 Å². The second-order valence-corrected chi connectivity index (χ2v) is 4.90. The van der Waals surface area contributed by atoms with Gasteiger partial charge in [0.2, 0.25) is 11.9 Å². The van der Waals surface area contributed by atoms with E-state index < -0.39 is 0 Å². The molecule has 1 aromatic heterocycles. The summed E-state index contributed by atoms with van der Waals surface area (Å²) in [5, 5.41) is 3.19. The lowest BCUT2D eigenvalue weighted by Crippen LogP contribution is -2.23. The largest absolute Gasteiger partial charge is 0.461 e. The SMILES string of the molecule is CC(C)Oc1nc(N)nc(NCC2CCOCC2)n1. The monoisotopic (exact) mass is 267 g/mol. The molecule has 0 aliphatic carbocycles. The predicted octanol–water partition coefficient (Wildman–Crippen LogP) is 1.08. The van der Waals surface area contributed by atoms with Crippen LogP contribution in [0, 0.1) is 5.92 Å². The molecule has 3 N–H and O–H groups in total. The molecule has 0 saturated carbocycles. The molecule has 19 heavy (non-hydrogen) atoms. The zero-order valence-electron chi connectivity index (χ0n) is 11.4. The van der Waals surface area contributed by atoms with Crippen LogP contribution >= 0.6 is 0 Å². The number of aromatic nitrogens is 3. The number of nitrogen functional groups attached to an aromatic ring is 1. The van der Waals surface area contributed by atoms with E-state index in [0.29, 0.717) is 11.9 Å². The molecule has 0 atom stereocenters. The van der Waals surface area contributed by atoms with E-state index in [0.717, 1.165) is 32.6 Å². The van der Waals surface area contributed by atoms with Crippen LogP contribution in [0.1, 0.15) is 26.7 Å². The van der Waals surface area contributed by atoms with Crippen LogP contribution in [0.25, 0.3) is 0 Å². The molecule has 2 rings (SSSR count). The number of hydrogen-bond acceptors (Lipinski definition) is 7. The fourth-order valence-corrected chi connectivity index (χ4v) is 1.90. The first-order valence-corrected chi connectivity index (χ1v) is 6.63. The van der Waals surface area contributed by atoms with Gasteiger partial charge in [-0.2, -0.15) is 15.0 Å². The van der Waals surface area contributed by atoms with Gasteiger partial charge in [0.15, 0.2) is 0 Å². The standard InChI is InChI=1S/C12H21N5O2/c1-8(2)19-12-16-10(13)15-11(17-12)14-7-9-3-5-18-6-4-9/h8-9H,3-7H2,1-2H3,(H3,13,14,15,16,17). The Morgan fingerprint density at radius 2 is 2.05 bits per heavy atom. The minimum Gasteiger partial charge on any atom is -0.461 e. The van der Waals surface area contributed by atoms with Crippen molar-refractivity contribution in [1.29, 1.82) is 0 Å². The van der Waals surface area contributed by atoms with Crippen molar-refractivity contribution in [2.75, 3.05) is 30.8 Å². The lowest BCUT2D eigenvalue weighted by atomic mass is 10.0. The third kappa shape index (κ3) is 4.51. The summed E-state index contributed by atoms with van der Waals surface area (Å²) in [5.41, 5.74) is 5.64. The van der Waals surface area contributed by atoms with Crippen LogP contribution in [0.15, 0.2) is 0 Å². The number of ether oxygens (including phenoxy) is 2. The topological polar surface area (TPSA) is 95.2 Å². The number of anilines is 2. The summed E-state index contributed by atoms with van der Waals surface area (Å²) in [6.45, 7) is 6.29. The van der Waals surface area contributed by atoms with Gasteiger partial charge >= 0.3 is 6.01 Å². The second-order valence-electron chi connectivity index (χ2n) is 4.90. The van der Waals surface area contributed by atoms with Crippen LogP contribution < -0.4 is 15.8 Å². The van der Waals surface area contributed by atoms with Gasteiger partial charge in [0.1, 0.15) is 0 Å². The molecule has 0 unspecified atom stereocenters. The average Bonchev–Trinajstić information content (AvgIpc) is 2.36. The molecule has 106 valence electrons. The van der Waals surface area contributed by atoms with Gasteiger partial charge in [0.25, 0.3) is 0 Å². The molecule has 2 heterocycles. The zero-order chi connectivity index (χ0) is 13.7. The molecule has 0 aromatic carbocycles. The van der Waals surface area contributed by atoms with E-state index in [1.54, 1.807) is 0 Å². The molecule has 1 aromatic rings. The molecule has 1 fully saturated rings. The van der Waals surface area contributed by atoms with Gasteiger partial charge in [0.05, 0.1) is 6.10 Å². The molecule has 0 amide bonds. The van der Waals surface area contributed by atoms with Crippen LogP contribution in [0.4, 0.5) is 11.9 Å². The number of rotatable bonds is 5. The molecule has 7 nitrogen and oxygen atoms in total. The van der Waals surface area contributed by atoms with E-state index in [1.165, 1.54) is 0 Å². The van der Waals surface area contributed by atoms with Gasteiger partial charge in [0, 0.05) is 19.8 Å². The van der Waals surface area contributed by atoms with E-state index in [1.807, 2.05) is 13.8 Å². The normalized spacial score (nSPS) is 16.6. The van der Waals surface area contributed by atoms with Crippen LogP contribution in [0.2, 0.25) is 0 Å². The second kappa shape index (κ2) is 6.51. The summed E-state index contributed by atoms with van der Waals surface area (Å²) in [6.07, 6.45) is 2.12. The summed E-state index contributed by atoms with van der Waals surface area (Å²) in [5.74, 6) is 1.22. The number of hydrogen-bond donors (Lipinski definition) is 2. The molecule has 0 bridgehead atoms. The van der Waals surface area contributed by atoms with Crippen molar-refractivity contribution < 1.29 is 9.47 Å². The Labute approximate surface area is 112 Å². The summed E-state index contributed by atoms with van der Waals surface area (Å²) in [4.78, 5) is 12.2. The van der Waals surface area contributed by atoms with Crippen molar-refractivity contribution in [3.63, 3.8) is 0 Å². The van der Waals surface area contributed by atoms with E-state index >= 15 is 0 Å². The Hall–Kier alpha value is -1.63. The zero-order valence-corrected chi connectivity index (χ0v) is 11.4. The van der Waals surface area contributed by atoms with Crippen molar-refractivity contribution in [1.82, 2.24) is 15.0 Å². The molecule has 0 radical (unpaired) electrons. The first-order chi connectivity index (χ1) is 9.13. The van der Waals surface area contributed by atoms with Crippen molar-refractivity contribution in [3.8, 4) is 6.01 Å². The maximum atomic E-state index is 5.64. The first kappa shape index (κ1) is 13.8. The summed E-state index contributed by atoms with van der Waals surface area (Å²) in [7, 11) is 0. The highest BCUT2D eigenvalue weighted by Crippen LogP contribution is 2.16. The van der Waals surface area contributed by atoms with Crippen molar-refractivity contribution >= 4 is 11.9 Å². The highest BCUT2D eigenvalue weighted by Gasteiger charge is 2.14. The lowest BCUT2D eigenvalue weighted by molar-refractivity contribution is 0.0699. The summed E-state index contributed by atoms with van der Waals surface area (Å²) >= 11 is 0.